The number of methoxy groups -OCH3 is 1. The van der Waals surface area contributed by atoms with Crippen LogP contribution in [0.2, 0.25) is 0 Å². The van der Waals surface area contributed by atoms with E-state index < -0.39 is 0 Å². The summed E-state index contributed by atoms with van der Waals surface area (Å²) >= 11 is 0. The Labute approximate surface area is 219 Å². The van der Waals surface area contributed by atoms with Crippen LogP contribution in [0.5, 0.6) is 0 Å². The molecule has 210 valence electrons. The van der Waals surface area contributed by atoms with E-state index in [9.17, 15) is 4.79 Å². The highest BCUT2D eigenvalue weighted by Crippen LogP contribution is 2.12. The van der Waals surface area contributed by atoms with Crippen molar-refractivity contribution in [3.05, 3.63) is 0 Å². The van der Waals surface area contributed by atoms with Gasteiger partial charge in [0.2, 0.25) is 0 Å². The van der Waals surface area contributed by atoms with E-state index in [4.69, 9.17) is 14.2 Å². The Morgan fingerprint density at radius 1 is 0.629 bits per heavy atom. The maximum absolute atomic E-state index is 12.0. The van der Waals surface area contributed by atoms with Crippen LogP contribution in [0.1, 0.15) is 122 Å². The summed E-state index contributed by atoms with van der Waals surface area (Å²) in [6, 6.07) is 0. The van der Waals surface area contributed by atoms with Crippen LogP contribution in [0.3, 0.4) is 0 Å². The molecule has 0 heterocycles. The average molecular weight is 501 g/mol. The molecule has 0 aliphatic rings. The predicted molar refractivity (Wildman–Crippen MR) is 149 cm³/mol. The molecular weight excluding hydrogens is 438 g/mol. The Kier molecular flexibility index (Phi) is 24.8. The average Bonchev–Trinajstić information content (AvgIpc) is 2.82. The van der Waals surface area contributed by atoms with Crippen LogP contribution in [-0.2, 0) is 19.0 Å². The third-order valence-electron chi connectivity index (χ3n) is 6.61. The molecule has 0 spiro atoms. The Morgan fingerprint density at radius 2 is 1.06 bits per heavy atom. The van der Waals surface area contributed by atoms with Crippen molar-refractivity contribution in [2.24, 2.45) is 0 Å². The van der Waals surface area contributed by atoms with E-state index >= 15 is 0 Å². The van der Waals surface area contributed by atoms with Gasteiger partial charge in [-0.25, -0.2) is 0 Å². The van der Waals surface area contributed by atoms with Gasteiger partial charge in [-0.15, -0.1) is 0 Å². The summed E-state index contributed by atoms with van der Waals surface area (Å²) < 4.78 is 18.1. The van der Waals surface area contributed by atoms with Crippen LogP contribution in [0, 0.1) is 0 Å². The second kappa shape index (κ2) is 25.2. The van der Waals surface area contributed by atoms with Gasteiger partial charge >= 0.3 is 0 Å². The summed E-state index contributed by atoms with van der Waals surface area (Å²) in [5.74, 6) is 0.459. The first-order valence-electron chi connectivity index (χ1n) is 14.9. The molecule has 0 aliphatic carbocycles. The lowest BCUT2D eigenvalue weighted by atomic mass is 10.0. The van der Waals surface area contributed by atoms with Crippen LogP contribution in [-0.4, -0.2) is 77.6 Å². The monoisotopic (exact) mass is 500 g/mol. The normalized spacial score (nSPS) is 12.8. The molecule has 0 bridgehead atoms. The van der Waals surface area contributed by atoms with E-state index in [0.29, 0.717) is 19.0 Å². The minimum atomic E-state index is 0.0138. The number of ether oxygens (including phenoxy) is 3. The van der Waals surface area contributed by atoms with Gasteiger partial charge in [0, 0.05) is 33.2 Å². The number of Topliss-reactive ketones (excluding diaryl/α,β-unsaturated/α-hetero) is 1. The van der Waals surface area contributed by atoms with Crippen molar-refractivity contribution in [2.45, 2.75) is 129 Å². The quantitative estimate of drug-likeness (QED) is 0.0832. The first kappa shape index (κ1) is 34.5. The number of hydrogen-bond acceptors (Lipinski definition) is 4. The SMILES string of the molecule is CCCCCCCCCCCC(=O)CCCCCCOCC(COCCCCC[N+](C)(C)C)OC. The van der Waals surface area contributed by atoms with Gasteiger partial charge in [0.15, 0.2) is 0 Å². The van der Waals surface area contributed by atoms with E-state index in [1.165, 1.54) is 70.8 Å². The second-order valence-corrected chi connectivity index (χ2v) is 11.4. The second-order valence-electron chi connectivity index (χ2n) is 11.4. The molecule has 0 fully saturated rings. The maximum Gasteiger partial charge on any atom is 0.132 e. The minimum absolute atomic E-state index is 0.0138. The van der Waals surface area contributed by atoms with Gasteiger partial charge in [0.25, 0.3) is 0 Å². The molecular formula is C30H62NO4+. The molecule has 0 amide bonds. The summed E-state index contributed by atoms with van der Waals surface area (Å²) in [7, 11) is 8.44. The van der Waals surface area contributed by atoms with Crippen LogP contribution in [0.25, 0.3) is 0 Å². The van der Waals surface area contributed by atoms with E-state index in [1.54, 1.807) is 7.11 Å². The lowest BCUT2D eigenvalue weighted by Gasteiger charge is -2.23. The van der Waals surface area contributed by atoms with E-state index in [-0.39, 0.29) is 6.10 Å². The summed E-state index contributed by atoms with van der Waals surface area (Å²) in [4.78, 5) is 12.0. The topological polar surface area (TPSA) is 44.8 Å². The van der Waals surface area contributed by atoms with E-state index in [1.807, 2.05) is 0 Å². The minimum Gasteiger partial charge on any atom is -0.379 e. The molecule has 0 radical (unpaired) electrons. The molecule has 1 atom stereocenters. The zero-order chi connectivity index (χ0) is 26.0. The van der Waals surface area contributed by atoms with Gasteiger partial charge in [0.05, 0.1) is 40.9 Å². The summed E-state index contributed by atoms with van der Waals surface area (Å²) in [5, 5.41) is 0. The molecule has 0 rings (SSSR count). The van der Waals surface area contributed by atoms with Crippen LogP contribution in [0.4, 0.5) is 0 Å². The number of ketones is 1. The number of nitrogens with zero attached hydrogens (tertiary/aromatic N) is 1. The van der Waals surface area contributed by atoms with E-state index in [2.05, 4.69) is 28.1 Å². The molecule has 0 aliphatic heterocycles. The molecule has 35 heavy (non-hydrogen) atoms. The fourth-order valence-corrected chi connectivity index (χ4v) is 4.22. The number of quaternary nitrogens is 1. The Balaban J connectivity index is 3.40. The largest absolute Gasteiger partial charge is 0.379 e. The maximum atomic E-state index is 12.0. The number of hydrogen-bond donors (Lipinski definition) is 0. The first-order chi connectivity index (χ1) is 16.9. The van der Waals surface area contributed by atoms with Gasteiger partial charge < -0.3 is 18.7 Å². The van der Waals surface area contributed by atoms with Gasteiger partial charge in [-0.3, -0.25) is 4.79 Å². The van der Waals surface area contributed by atoms with Crippen molar-refractivity contribution in [2.75, 3.05) is 61.2 Å². The van der Waals surface area contributed by atoms with Crippen molar-refractivity contribution in [3.8, 4) is 0 Å². The van der Waals surface area contributed by atoms with Crippen molar-refractivity contribution >= 4 is 5.78 Å². The van der Waals surface area contributed by atoms with Gasteiger partial charge in [0.1, 0.15) is 11.9 Å². The lowest BCUT2D eigenvalue weighted by molar-refractivity contribution is -0.870. The van der Waals surface area contributed by atoms with E-state index in [0.717, 1.165) is 69.1 Å². The third kappa shape index (κ3) is 27.9. The predicted octanol–water partition coefficient (Wildman–Crippen LogP) is 7.35. The van der Waals surface area contributed by atoms with Crippen molar-refractivity contribution in [3.63, 3.8) is 0 Å². The number of unbranched alkanes of at least 4 members (excludes halogenated alkanes) is 13. The molecule has 5 heteroatoms. The summed E-state index contributed by atoms with van der Waals surface area (Å²) in [5.41, 5.74) is 0. The molecule has 0 saturated carbocycles. The zero-order valence-corrected chi connectivity index (χ0v) is 24.4. The number of carbonyl (C=O) groups is 1. The fourth-order valence-electron chi connectivity index (χ4n) is 4.22. The van der Waals surface area contributed by atoms with Crippen molar-refractivity contribution in [1.82, 2.24) is 0 Å². The van der Waals surface area contributed by atoms with Crippen LogP contribution < -0.4 is 0 Å². The Hall–Kier alpha value is -0.490. The molecule has 0 aromatic rings. The Bertz CT molecular complexity index is 450. The molecule has 0 aromatic heterocycles. The standard InChI is InChI=1S/C30H62NO4/c1-6-7-8-9-10-11-12-13-17-22-29(32)23-18-14-15-20-25-34-27-30(33-5)28-35-26-21-16-19-24-31(2,3)4/h30H,6-28H2,1-5H3/q+1. The molecule has 0 aromatic carbocycles. The van der Waals surface area contributed by atoms with Gasteiger partial charge in [-0.05, 0) is 38.5 Å². The van der Waals surface area contributed by atoms with Crippen LogP contribution in [0.15, 0.2) is 0 Å². The Morgan fingerprint density at radius 3 is 1.51 bits per heavy atom. The lowest BCUT2D eigenvalue weighted by Crippen LogP contribution is -2.35. The zero-order valence-electron chi connectivity index (χ0n) is 24.4. The van der Waals surface area contributed by atoms with Crippen molar-refractivity contribution in [1.29, 1.82) is 0 Å². The van der Waals surface area contributed by atoms with Crippen LogP contribution >= 0.6 is 0 Å². The molecule has 0 N–H and O–H groups in total. The number of carbonyl (C=O) groups excluding carboxylic acids is 1. The third-order valence-corrected chi connectivity index (χ3v) is 6.61. The summed E-state index contributed by atoms with van der Waals surface area (Å²) in [6.07, 6.45) is 21.3. The smallest absolute Gasteiger partial charge is 0.132 e. The number of rotatable bonds is 28. The van der Waals surface area contributed by atoms with Crippen molar-refractivity contribution < 1.29 is 23.5 Å². The highest BCUT2D eigenvalue weighted by atomic mass is 16.6. The highest BCUT2D eigenvalue weighted by Gasteiger charge is 2.09. The van der Waals surface area contributed by atoms with Gasteiger partial charge in [-0.1, -0.05) is 71.1 Å². The fraction of sp³-hybridized carbons (Fsp3) is 0.967. The highest BCUT2D eigenvalue weighted by molar-refractivity contribution is 5.78. The molecule has 0 saturated heterocycles. The van der Waals surface area contributed by atoms with Gasteiger partial charge in [-0.2, -0.15) is 0 Å². The molecule has 1 unspecified atom stereocenters. The first-order valence-corrected chi connectivity index (χ1v) is 14.9. The summed E-state index contributed by atoms with van der Waals surface area (Å²) in [6.45, 7) is 6.23. The molecule has 5 nitrogen and oxygen atoms in total.